The van der Waals surface area contributed by atoms with E-state index in [-0.39, 0.29) is 12.3 Å². The molecule has 0 fully saturated rings. The third-order valence-electron chi connectivity index (χ3n) is 4.56. The highest BCUT2D eigenvalue weighted by Crippen LogP contribution is 2.30. The molecule has 0 spiro atoms. The summed E-state index contributed by atoms with van der Waals surface area (Å²) in [4.78, 5) is 23.7. The Kier molecular flexibility index (Phi) is 8.78. The number of carbonyl (C=O) groups is 2. The average Bonchev–Trinajstić information content (AvgIpc) is 2.81. The molecule has 5 nitrogen and oxygen atoms in total. The van der Waals surface area contributed by atoms with E-state index in [4.69, 9.17) is 32.7 Å². The lowest BCUT2D eigenvalue weighted by molar-refractivity contribution is -0.142. The van der Waals surface area contributed by atoms with E-state index in [1.54, 1.807) is 42.5 Å². The fraction of sp³-hybridized carbons (Fsp3) is 0.120. The van der Waals surface area contributed by atoms with Crippen LogP contribution in [-0.4, -0.2) is 18.5 Å². The van der Waals surface area contributed by atoms with E-state index in [1.807, 2.05) is 0 Å². The molecule has 0 radical (unpaired) electrons. The summed E-state index contributed by atoms with van der Waals surface area (Å²) in [6.07, 6.45) is -1.94. The number of halogens is 5. The second-order valence-corrected chi connectivity index (χ2v) is 7.94. The summed E-state index contributed by atoms with van der Waals surface area (Å²) >= 11 is 12.2. The molecule has 1 amide bonds. The number of nitrogens with one attached hydrogen (secondary N) is 1. The van der Waals surface area contributed by atoms with Gasteiger partial charge < -0.3 is 14.8 Å². The lowest BCUT2D eigenvalue weighted by atomic mass is 10.2. The molecule has 0 atom stereocenters. The molecule has 3 aromatic rings. The molecule has 0 saturated carbocycles. The maximum Gasteiger partial charge on any atom is 0.416 e. The largest absolute Gasteiger partial charge is 0.489 e. The summed E-state index contributed by atoms with van der Waals surface area (Å²) in [6, 6.07) is 16.1. The number of benzene rings is 3. The Bertz CT molecular complexity index is 1210. The first kappa shape index (κ1) is 26.1. The Labute approximate surface area is 209 Å². The summed E-state index contributed by atoms with van der Waals surface area (Å²) < 4.78 is 48.7. The van der Waals surface area contributed by atoms with Gasteiger partial charge in [-0.2, -0.15) is 13.2 Å². The molecule has 0 aliphatic rings. The second-order valence-electron chi connectivity index (χ2n) is 7.13. The molecule has 1 N–H and O–H groups in total. The Morgan fingerprint density at radius 3 is 2.26 bits per heavy atom. The van der Waals surface area contributed by atoms with Gasteiger partial charge in [0.05, 0.1) is 5.56 Å². The molecule has 0 heterocycles. The van der Waals surface area contributed by atoms with Crippen molar-refractivity contribution in [3.8, 4) is 5.75 Å². The number of rotatable bonds is 8. The van der Waals surface area contributed by atoms with Crippen LogP contribution in [0.15, 0.2) is 72.8 Å². The molecule has 0 bridgehead atoms. The molecule has 0 aromatic heterocycles. The first-order valence-corrected chi connectivity index (χ1v) is 10.8. The van der Waals surface area contributed by atoms with E-state index >= 15 is 0 Å². The summed E-state index contributed by atoms with van der Waals surface area (Å²) in [7, 11) is 0. The number of anilines is 1. The molecule has 10 heteroatoms. The zero-order chi connectivity index (χ0) is 25.4. The van der Waals surface area contributed by atoms with Crippen LogP contribution in [0, 0.1) is 0 Å². The minimum Gasteiger partial charge on any atom is -0.489 e. The monoisotopic (exact) mass is 523 g/mol. The van der Waals surface area contributed by atoms with Crippen LogP contribution in [0.4, 0.5) is 18.9 Å². The molecule has 0 unspecified atom stereocenters. The zero-order valence-corrected chi connectivity index (χ0v) is 19.5. The van der Waals surface area contributed by atoms with Crippen molar-refractivity contribution in [1.82, 2.24) is 0 Å². The van der Waals surface area contributed by atoms with Gasteiger partial charge in [0.2, 0.25) is 0 Å². The first-order chi connectivity index (χ1) is 16.6. The quantitative estimate of drug-likeness (QED) is 0.261. The normalized spacial score (nSPS) is 11.3. The fourth-order valence-electron chi connectivity index (χ4n) is 2.82. The predicted molar refractivity (Wildman–Crippen MR) is 127 cm³/mol. The van der Waals surface area contributed by atoms with Crippen molar-refractivity contribution in [2.24, 2.45) is 0 Å². The van der Waals surface area contributed by atoms with E-state index in [1.165, 1.54) is 12.1 Å². The Morgan fingerprint density at radius 1 is 0.943 bits per heavy atom. The Morgan fingerprint density at radius 2 is 1.60 bits per heavy atom. The van der Waals surface area contributed by atoms with Gasteiger partial charge in [-0.3, -0.25) is 4.79 Å². The molecule has 35 heavy (non-hydrogen) atoms. The van der Waals surface area contributed by atoms with Gasteiger partial charge in [0.1, 0.15) is 12.4 Å². The maximum absolute atomic E-state index is 12.7. The third-order valence-corrected chi connectivity index (χ3v) is 5.26. The standard InChI is InChI=1S/C25H18Cl2F3NO4/c26-21-5-2-6-22(27)20(21)14-34-19-10-7-16(8-11-19)9-12-24(33)35-15-23(32)31-18-4-1-3-17(13-18)25(28,29)30/h1-13H,14-15H2,(H,31,32)/b12-9+. The summed E-state index contributed by atoms with van der Waals surface area (Å²) in [5, 5.41) is 3.25. The average molecular weight is 524 g/mol. The van der Waals surface area contributed by atoms with E-state index in [9.17, 15) is 22.8 Å². The van der Waals surface area contributed by atoms with Crippen molar-refractivity contribution in [2.45, 2.75) is 12.8 Å². The second kappa shape index (κ2) is 11.8. The number of hydrogen-bond donors (Lipinski definition) is 1. The van der Waals surface area contributed by atoms with Gasteiger partial charge >= 0.3 is 12.1 Å². The van der Waals surface area contributed by atoms with E-state index in [2.05, 4.69) is 5.32 Å². The highest BCUT2D eigenvalue weighted by atomic mass is 35.5. The van der Waals surface area contributed by atoms with Crippen molar-refractivity contribution in [3.63, 3.8) is 0 Å². The minimum absolute atomic E-state index is 0.0597. The van der Waals surface area contributed by atoms with E-state index < -0.39 is 30.2 Å². The van der Waals surface area contributed by atoms with Crippen molar-refractivity contribution < 1.29 is 32.2 Å². The number of amides is 1. The van der Waals surface area contributed by atoms with E-state index in [0.717, 1.165) is 24.3 Å². The fourth-order valence-corrected chi connectivity index (χ4v) is 3.33. The van der Waals surface area contributed by atoms with Gasteiger partial charge in [0.25, 0.3) is 5.91 Å². The molecule has 0 saturated heterocycles. The van der Waals surface area contributed by atoms with Gasteiger partial charge in [-0.1, -0.05) is 47.5 Å². The van der Waals surface area contributed by atoms with Gasteiger partial charge in [0, 0.05) is 27.4 Å². The lowest BCUT2D eigenvalue weighted by Crippen LogP contribution is -2.20. The number of alkyl halides is 3. The maximum atomic E-state index is 12.7. The van der Waals surface area contributed by atoms with E-state index in [0.29, 0.717) is 26.9 Å². The van der Waals surface area contributed by atoms with Crippen LogP contribution in [-0.2, 0) is 27.1 Å². The van der Waals surface area contributed by atoms with Crippen LogP contribution in [0.25, 0.3) is 6.08 Å². The summed E-state index contributed by atoms with van der Waals surface area (Å²) in [5.74, 6) is -1.00. The van der Waals surface area contributed by atoms with Crippen LogP contribution >= 0.6 is 23.2 Å². The highest BCUT2D eigenvalue weighted by molar-refractivity contribution is 6.35. The van der Waals surface area contributed by atoms with Gasteiger partial charge in [-0.15, -0.1) is 0 Å². The highest BCUT2D eigenvalue weighted by Gasteiger charge is 2.30. The lowest BCUT2D eigenvalue weighted by Gasteiger charge is -2.10. The first-order valence-electron chi connectivity index (χ1n) is 10.1. The van der Waals surface area contributed by atoms with Crippen molar-refractivity contribution in [1.29, 1.82) is 0 Å². The number of esters is 1. The molecular weight excluding hydrogens is 506 g/mol. The number of ether oxygens (including phenoxy) is 2. The van der Waals surface area contributed by atoms with Crippen LogP contribution in [0.2, 0.25) is 10.0 Å². The third kappa shape index (κ3) is 8.05. The summed E-state index contributed by atoms with van der Waals surface area (Å²) in [5.41, 5.74) is 0.368. The van der Waals surface area contributed by atoms with Crippen molar-refractivity contribution in [2.75, 3.05) is 11.9 Å². The van der Waals surface area contributed by atoms with Crippen LogP contribution in [0.5, 0.6) is 5.75 Å². The zero-order valence-electron chi connectivity index (χ0n) is 17.9. The SMILES string of the molecule is O=C(COC(=O)/C=C/c1ccc(OCc2c(Cl)cccc2Cl)cc1)Nc1cccc(C(F)(F)F)c1. The molecule has 182 valence electrons. The van der Waals surface area contributed by atoms with Crippen molar-refractivity contribution in [3.05, 3.63) is 99.5 Å². The number of carbonyl (C=O) groups excluding carboxylic acids is 2. The molecule has 3 rings (SSSR count). The molecule has 0 aliphatic carbocycles. The van der Waals surface area contributed by atoms with Gasteiger partial charge in [0.15, 0.2) is 6.61 Å². The van der Waals surface area contributed by atoms with Crippen LogP contribution in [0.3, 0.4) is 0 Å². The number of hydrogen-bond acceptors (Lipinski definition) is 4. The Hall–Kier alpha value is -3.49. The molecule has 3 aromatic carbocycles. The van der Waals surface area contributed by atoms with Crippen molar-refractivity contribution >= 4 is 46.8 Å². The predicted octanol–water partition coefficient (Wildman–Crippen LogP) is 6.79. The minimum atomic E-state index is -4.54. The summed E-state index contributed by atoms with van der Waals surface area (Å²) in [6.45, 7) is -0.473. The smallest absolute Gasteiger partial charge is 0.416 e. The van der Waals surface area contributed by atoms with Gasteiger partial charge in [-0.05, 0) is 54.1 Å². The molecular formula is C25H18Cl2F3NO4. The Balaban J connectivity index is 1.46. The molecule has 0 aliphatic heterocycles. The topological polar surface area (TPSA) is 64.6 Å². The van der Waals surface area contributed by atoms with Crippen LogP contribution in [0.1, 0.15) is 16.7 Å². The van der Waals surface area contributed by atoms with Crippen LogP contribution < -0.4 is 10.1 Å². The van der Waals surface area contributed by atoms with Gasteiger partial charge in [-0.25, -0.2) is 4.79 Å².